The van der Waals surface area contributed by atoms with Crippen molar-refractivity contribution in [2.45, 2.75) is 140 Å². The van der Waals surface area contributed by atoms with Crippen molar-refractivity contribution in [2.24, 2.45) is 10.2 Å². The molecular formula is C40H59N3O6. The van der Waals surface area contributed by atoms with Crippen LogP contribution in [0.2, 0.25) is 0 Å². The average molecular weight is 678 g/mol. The molecule has 0 saturated heterocycles. The zero-order chi connectivity index (χ0) is 35.7. The summed E-state index contributed by atoms with van der Waals surface area (Å²) in [7, 11) is 4.75. The van der Waals surface area contributed by atoms with Gasteiger partial charge in [-0.1, -0.05) is 115 Å². The summed E-state index contributed by atoms with van der Waals surface area (Å²) in [5, 5.41) is 28.4. The van der Waals surface area contributed by atoms with Crippen molar-refractivity contribution in [2.75, 3.05) is 21.3 Å². The molecule has 3 unspecified atom stereocenters. The largest absolute Gasteiger partial charge is 0.497 e. The SMILES string of the molecule is CCCCCCCCCCCCCCCC(C#N)(CCCC(CC(OC(=O)C(=O)O)c1cccc(OC)c1)N=NC)c1cccc(OC)c1. The van der Waals surface area contributed by atoms with Crippen molar-refractivity contribution >= 4 is 11.9 Å². The van der Waals surface area contributed by atoms with Crippen LogP contribution in [0.5, 0.6) is 11.5 Å². The highest BCUT2D eigenvalue weighted by Gasteiger charge is 2.33. The van der Waals surface area contributed by atoms with Crippen molar-refractivity contribution in [3.8, 4) is 17.6 Å². The second-order valence-corrected chi connectivity index (χ2v) is 13.0. The molecule has 9 nitrogen and oxygen atoms in total. The van der Waals surface area contributed by atoms with Crippen LogP contribution in [0.4, 0.5) is 0 Å². The molecule has 0 heterocycles. The zero-order valence-corrected chi connectivity index (χ0v) is 30.3. The number of ether oxygens (including phenoxy) is 3. The van der Waals surface area contributed by atoms with Gasteiger partial charge >= 0.3 is 11.9 Å². The molecule has 2 aromatic rings. The first-order chi connectivity index (χ1) is 23.8. The molecule has 0 radical (unpaired) electrons. The monoisotopic (exact) mass is 677 g/mol. The summed E-state index contributed by atoms with van der Waals surface area (Å²) in [4.78, 5) is 23.5. The van der Waals surface area contributed by atoms with Crippen LogP contribution in [0.3, 0.4) is 0 Å². The van der Waals surface area contributed by atoms with E-state index in [0.717, 1.165) is 30.6 Å². The Bertz CT molecular complexity index is 1310. The number of hydrogen-bond acceptors (Lipinski definition) is 8. The van der Waals surface area contributed by atoms with Crippen molar-refractivity contribution in [1.29, 1.82) is 5.26 Å². The third-order valence-electron chi connectivity index (χ3n) is 9.34. The predicted molar refractivity (Wildman–Crippen MR) is 193 cm³/mol. The lowest BCUT2D eigenvalue weighted by molar-refractivity contribution is -0.168. The maximum atomic E-state index is 12.1. The molecule has 2 rings (SSSR count). The number of nitriles is 1. The number of rotatable bonds is 26. The lowest BCUT2D eigenvalue weighted by Gasteiger charge is -2.28. The molecule has 49 heavy (non-hydrogen) atoms. The summed E-state index contributed by atoms with van der Waals surface area (Å²) < 4.78 is 16.3. The van der Waals surface area contributed by atoms with Crippen LogP contribution in [0.15, 0.2) is 58.8 Å². The van der Waals surface area contributed by atoms with Gasteiger partial charge in [0.15, 0.2) is 0 Å². The molecule has 2 aromatic carbocycles. The normalized spacial score (nSPS) is 13.7. The highest BCUT2D eigenvalue weighted by atomic mass is 16.6. The minimum Gasteiger partial charge on any atom is -0.497 e. The lowest BCUT2D eigenvalue weighted by Crippen LogP contribution is -2.25. The molecule has 270 valence electrons. The van der Waals surface area contributed by atoms with Gasteiger partial charge in [-0.3, -0.25) is 0 Å². The van der Waals surface area contributed by atoms with E-state index in [9.17, 15) is 20.0 Å². The van der Waals surface area contributed by atoms with E-state index in [-0.39, 0.29) is 12.5 Å². The molecule has 0 fully saturated rings. The van der Waals surface area contributed by atoms with E-state index < -0.39 is 23.5 Å². The van der Waals surface area contributed by atoms with E-state index in [4.69, 9.17) is 14.2 Å². The molecule has 0 amide bonds. The molecule has 0 aliphatic carbocycles. The van der Waals surface area contributed by atoms with Gasteiger partial charge in [-0.2, -0.15) is 15.5 Å². The topological polar surface area (TPSA) is 131 Å². The molecular weight excluding hydrogens is 618 g/mol. The number of methoxy groups -OCH3 is 2. The van der Waals surface area contributed by atoms with Crippen LogP contribution in [0.25, 0.3) is 0 Å². The number of unbranched alkanes of at least 4 members (excludes halogenated alkanes) is 12. The molecule has 0 aromatic heterocycles. The summed E-state index contributed by atoms with van der Waals surface area (Å²) in [6.07, 6.45) is 18.5. The van der Waals surface area contributed by atoms with E-state index in [0.29, 0.717) is 30.6 Å². The van der Waals surface area contributed by atoms with Crippen molar-refractivity contribution < 1.29 is 28.9 Å². The summed E-state index contributed by atoms with van der Waals surface area (Å²) in [5.74, 6) is -1.71. The number of esters is 1. The second-order valence-electron chi connectivity index (χ2n) is 13.0. The smallest absolute Gasteiger partial charge is 0.417 e. The average Bonchev–Trinajstić information content (AvgIpc) is 3.12. The van der Waals surface area contributed by atoms with Gasteiger partial charge in [-0.25, -0.2) is 9.59 Å². The quantitative estimate of drug-likeness (QED) is 0.0454. The number of carboxylic acids is 1. The van der Waals surface area contributed by atoms with Crippen LogP contribution in [-0.2, 0) is 19.7 Å². The standard InChI is InChI=1S/C40H59N3O6/c1-5-6-7-8-9-10-11-12-13-14-15-16-17-26-40(31-41,33-22-19-25-36(29-33)48-4)27-20-23-34(43-42-2)30-37(49-39(46)38(44)45)32-21-18-24-35(28-32)47-3/h18-19,21-22,24-25,28-29,34,37H,5-17,20,23,26-27,30H2,1-4H3,(H,44,45). The summed E-state index contributed by atoms with van der Waals surface area (Å²) in [6.45, 7) is 2.26. The third kappa shape index (κ3) is 15.4. The lowest BCUT2D eigenvalue weighted by atomic mass is 9.73. The minimum absolute atomic E-state index is 0.237. The molecule has 0 aliphatic heterocycles. The van der Waals surface area contributed by atoms with E-state index in [2.05, 4.69) is 23.2 Å². The predicted octanol–water partition coefficient (Wildman–Crippen LogP) is 10.3. The fourth-order valence-electron chi connectivity index (χ4n) is 6.50. The molecule has 1 N–H and O–H groups in total. The van der Waals surface area contributed by atoms with E-state index >= 15 is 0 Å². The Kier molecular flexibility index (Phi) is 20.4. The number of carboxylic acid groups (broad SMARTS) is 1. The van der Waals surface area contributed by atoms with Crippen LogP contribution in [-0.4, -0.2) is 44.4 Å². The number of carbonyl (C=O) groups excluding carboxylic acids is 1. The maximum absolute atomic E-state index is 12.1. The Morgan fingerprint density at radius 1 is 0.816 bits per heavy atom. The first-order valence-corrected chi connectivity index (χ1v) is 18.2. The number of carbonyl (C=O) groups is 2. The first kappa shape index (κ1) is 41.2. The van der Waals surface area contributed by atoms with Gasteiger partial charge in [0.2, 0.25) is 0 Å². The Labute approximate surface area is 294 Å². The van der Waals surface area contributed by atoms with Crippen molar-refractivity contribution in [1.82, 2.24) is 0 Å². The summed E-state index contributed by atoms with van der Waals surface area (Å²) in [6, 6.07) is 17.2. The van der Waals surface area contributed by atoms with Gasteiger partial charge in [0.25, 0.3) is 0 Å². The second kappa shape index (κ2) is 24.2. The van der Waals surface area contributed by atoms with Crippen LogP contribution in [0, 0.1) is 11.3 Å². The number of aliphatic carboxylic acids is 1. The Balaban J connectivity index is 2.05. The maximum Gasteiger partial charge on any atom is 0.417 e. The fraction of sp³-hybridized carbons (Fsp3) is 0.625. The number of nitrogens with zero attached hydrogens (tertiary/aromatic N) is 3. The molecule has 0 saturated carbocycles. The molecule has 9 heteroatoms. The number of benzene rings is 2. The van der Waals surface area contributed by atoms with Crippen LogP contribution < -0.4 is 9.47 Å². The van der Waals surface area contributed by atoms with E-state index in [1.165, 1.54) is 77.7 Å². The Morgan fingerprint density at radius 3 is 1.92 bits per heavy atom. The molecule has 0 aliphatic rings. The summed E-state index contributed by atoms with van der Waals surface area (Å²) in [5.41, 5.74) is 0.865. The van der Waals surface area contributed by atoms with Gasteiger partial charge in [0, 0.05) is 13.5 Å². The van der Waals surface area contributed by atoms with Crippen LogP contribution in [0.1, 0.15) is 140 Å². The van der Waals surface area contributed by atoms with Gasteiger partial charge < -0.3 is 19.3 Å². The third-order valence-corrected chi connectivity index (χ3v) is 9.34. The molecule has 3 atom stereocenters. The number of hydrogen-bond donors (Lipinski definition) is 1. The van der Waals surface area contributed by atoms with Gasteiger partial charge in [0.05, 0.1) is 31.7 Å². The van der Waals surface area contributed by atoms with Gasteiger partial charge in [-0.15, -0.1) is 0 Å². The van der Waals surface area contributed by atoms with E-state index in [1.54, 1.807) is 38.4 Å². The molecule has 0 bridgehead atoms. The molecule has 0 spiro atoms. The number of azo groups is 1. The van der Waals surface area contributed by atoms with Gasteiger partial charge in [0.1, 0.15) is 17.6 Å². The highest BCUT2D eigenvalue weighted by molar-refractivity contribution is 6.28. The van der Waals surface area contributed by atoms with E-state index in [1.807, 2.05) is 24.3 Å². The first-order valence-electron chi connectivity index (χ1n) is 18.2. The Morgan fingerprint density at radius 2 is 1.37 bits per heavy atom. The summed E-state index contributed by atoms with van der Waals surface area (Å²) >= 11 is 0. The van der Waals surface area contributed by atoms with Crippen molar-refractivity contribution in [3.63, 3.8) is 0 Å². The fourth-order valence-corrected chi connectivity index (χ4v) is 6.50. The highest BCUT2D eigenvalue weighted by Crippen LogP contribution is 2.38. The van der Waals surface area contributed by atoms with Crippen LogP contribution >= 0.6 is 0 Å². The van der Waals surface area contributed by atoms with Crippen molar-refractivity contribution in [3.05, 3.63) is 59.7 Å². The van der Waals surface area contributed by atoms with Gasteiger partial charge in [-0.05, 0) is 61.1 Å². The minimum atomic E-state index is -1.66. The zero-order valence-electron chi connectivity index (χ0n) is 30.3. The Hall–Kier alpha value is -3.93.